The Morgan fingerprint density at radius 2 is 1.47 bits per heavy atom. The molecule has 0 saturated carbocycles. The maximum Gasteiger partial charge on any atom is 0.330 e. The van der Waals surface area contributed by atoms with Crippen molar-refractivity contribution in [2.75, 3.05) is 0 Å². The van der Waals surface area contributed by atoms with E-state index in [1.54, 1.807) is 0 Å². The Balaban J connectivity index is 0. The number of ether oxygens (including phenoxy) is 1. The van der Waals surface area contributed by atoms with Crippen LogP contribution in [0, 0.1) is 0 Å². The minimum Gasteiger partial charge on any atom is -0.457 e. The van der Waals surface area contributed by atoms with E-state index in [0.29, 0.717) is 0 Å². The minimum atomic E-state index is -0.398. The van der Waals surface area contributed by atoms with Gasteiger partial charge in [-0.3, -0.25) is 0 Å². The van der Waals surface area contributed by atoms with E-state index in [0.717, 1.165) is 6.08 Å². The molecule has 0 aliphatic carbocycles. The molecule has 0 radical (unpaired) electrons. The molecule has 0 aromatic rings. The number of carbonyl (C=O) groups excluding carboxylic acids is 1. The lowest BCUT2D eigenvalue weighted by Gasteiger charge is -2.17. The molecule has 0 heterocycles. The van der Waals surface area contributed by atoms with E-state index >= 15 is 0 Å². The summed E-state index contributed by atoms with van der Waals surface area (Å²) in [7, 11) is 0. The SMILES string of the molecule is C=CC(=O)OC(C)(C)C.CCCCCCCC. The highest BCUT2D eigenvalue weighted by Gasteiger charge is 2.12. The van der Waals surface area contributed by atoms with E-state index < -0.39 is 5.60 Å². The first-order chi connectivity index (χ1) is 7.87. The highest BCUT2D eigenvalue weighted by atomic mass is 16.6. The van der Waals surface area contributed by atoms with Crippen molar-refractivity contribution in [1.29, 1.82) is 0 Å². The van der Waals surface area contributed by atoms with E-state index in [2.05, 4.69) is 20.4 Å². The first kappa shape index (κ1) is 18.6. The molecule has 2 nitrogen and oxygen atoms in total. The summed E-state index contributed by atoms with van der Waals surface area (Å²) in [4.78, 5) is 10.5. The molecule has 102 valence electrons. The molecule has 0 aromatic heterocycles. The van der Waals surface area contributed by atoms with E-state index in [1.807, 2.05) is 20.8 Å². The fourth-order valence-corrected chi connectivity index (χ4v) is 1.20. The van der Waals surface area contributed by atoms with Gasteiger partial charge in [-0.15, -0.1) is 0 Å². The molecular formula is C15H30O2. The van der Waals surface area contributed by atoms with E-state index in [9.17, 15) is 4.79 Å². The monoisotopic (exact) mass is 242 g/mol. The van der Waals surface area contributed by atoms with Crippen LogP contribution in [0.2, 0.25) is 0 Å². The van der Waals surface area contributed by atoms with Crippen LogP contribution in [0.15, 0.2) is 12.7 Å². The molecule has 0 aromatic carbocycles. The fraction of sp³-hybridized carbons (Fsp3) is 0.800. The summed E-state index contributed by atoms with van der Waals surface area (Å²) in [6, 6.07) is 0. The molecule has 0 bridgehead atoms. The number of hydrogen-bond donors (Lipinski definition) is 0. The summed E-state index contributed by atoms with van der Waals surface area (Å²) in [5, 5.41) is 0. The molecule has 17 heavy (non-hydrogen) atoms. The Morgan fingerprint density at radius 1 is 1.06 bits per heavy atom. The number of unbranched alkanes of at least 4 members (excludes halogenated alkanes) is 5. The molecular weight excluding hydrogens is 212 g/mol. The number of hydrogen-bond acceptors (Lipinski definition) is 2. The van der Waals surface area contributed by atoms with Crippen molar-refractivity contribution in [3.63, 3.8) is 0 Å². The van der Waals surface area contributed by atoms with Gasteiger partial charge in [0.1, 0.15) is 5.60 Å². The molecule has 0 aliphatic heterocycles. The quantitative estimate of drug-likeness (QED) is 0.377. The molecule has 0 unspecified atom stereocenters. The summed E-state index contributed by atoms with van der Waals surface area (Å²) in [5.41, 5.74) is -0.398. The highest BCUT2D eigenvalue weighted by molar-refractivity contribution is 5.81. The molecule has 0 rings (SSSR count). The fourth-order valence-electron chi connectivity index (χ4n) is 1.20. The average molecular weight is 242 g/mol. The maximum absolute atomic E-state index is 10.5. The summed E-state index contributed by atoms with van der Waals surface area (Å²) in [6.45, 7) is 13.2. The van der Waals surface area contributed by atoms with E-state index in [1.165, 1.54) is 38.5 Å². The van der Waals surface area contributed by atoms with Crippen molar-refractivity contribution in [2.45, 2.75) is 78.7 Å². The minimum absolute atomic E-state index is 0.373. The molecule has 0 spiro atoms. The van der Waals surface area contributed by atoms with Crippen LogP contribution in [0.5, 0.6) is 0 Å². The first-order valence-electron chi connectivity index (χ1n) is 6.72. The Hall–Kier alpha value is -0.790. The van der Waals surface area contributed by atoms with Gasteiger partial charge in [0.2, 0.25) is 0 Å². The zero-order valence-corrected chi connectivity index (χ0v) is 12.3. The van der Waals surface area contributed by atoms with Crippen LogP contribution in [-0.4, -0.2) is 11.6 Å². The van der Waals surface area contributed by atoms with Crippen LogP contribution in [0.4, 0.5) is 0 Å². The van der Waals surface area contributed by atoms with E-state index in [-0.39, 0.29) is 5.97 Å². The van der Waals surface area contributed by atoms with Crippen molar-refractivity contribution >= 4 is 5.97 Å². The van der Waals surface area contributed by atoms with Crippen molar-refractivity contribution in [1.82, 2.24) is 0 Å². The second kappa shape index (κ2) is 11.7. The van der Waals surface area contributed by atoms with Crippen molar-refractivity contribution in [3.05, 3.63) is 12.7 Å². The normalized spacial score (nSPS) is 10.2. The third-order valence-electron chi connectivity index (χ3n) is 2.03. The lowest BCUT2D eigenvalue weighted by atomic mass is 10.1. The van der Waals surface area contributed by atoms with Gasteiger partial charge < -0.3 is 4.74 Å². The molecule has 2 heteroatoms. The maximum atomic E-state index is 10.5. The Morgan fingerprint density at radius 3 is 1.65 bits per heavy atom. The van der Waals surface area contributed by atoms with Crippen LogP contribution in [0.3, 0.4) is 0 Å². The zero-order valence-electron chi connectivity index (χ0n) is 12.3. The van der Waals surface area contributed by atoms with Gasteiger partial charge in [0.05, 0.1) is 0 Å². The molecule has 0 fully saturated rings. The molecule has 0 amide bonds. The second-order valence-corrected chi connectivity index (χ2v) is 5.15. The van der Waals surface area contributed by atoms with Crippen LogP contribution >= 0.6 is 0 Å². The second-order valence-electron chi connectivity index (χ2n) is 5.15. The van der Waals surface area contributed by atoms with Gasteiger partial charge in [-0.05, 0) is 20.8 Å². The van der Waals surface area contributed by atoms with Gasteiger partial charge in [-0.2, -0.15) is 0 Å². The lowest BCUT2D eigenvalue weighted by molar-refractivity contribution is -0.148. The van der Waals surface area contributed by atoms with Crippen LogP contribution in [0.1, 0.15) is 73.1 Å². The Kier molecular flexibility index (Phi) is 12.8. The van der Waals surface area contributed by atoms with Crippen LogP contribution in [-0.2, 0) is 9.53 Å². The topological polar surface area (TPSA) is 26.3 Å². The number of esters is 1. The van der Waals surface area contributed by atoms with Crippen molar-refractivity contribution < 1.29 is 9.53 Å². The van der Waals surface area contributed by atoms with Crippen LogP contribution < -0.4 is 0 Å². The predicted octanol–water partition coefficient (Wildman–Crippen LogP) is 4.88. The highest BCUT2D eigenvalue weighted by Crippen LogP contribution is 2.06. The Labute approximate surface area is 107 Å². The summed E-state index contributed by atoms with van der Waals surface area (Å²) >= 11 is 0. The standard InChI is InChI=1S/C8H18.C7H12O2/c1-3-5-7-8-6-4-2;1-5-6(8)9-7(2,3)4/h3-8H2,1-2H3;5H,1H2,2-4H3. The van der Waals surface area contributed by atoms with Crippen molar-refractivity contribution in [3.8, 4) is 0 Å². The van der Waals surface area contributed by atoms with Crippen molar-refractivity contribution in [2.24, 2.45) is 0 Å². The third kappa shape index (κ3) is 21.1. The smallest absolute Gasteiger partial charge is 0.330 e. The zero-order chi connectivity index (χ0) is 13.7. The van der Waals surface area contributed by atoms with E-state index in [4.69, 9.17) is 4.74 Å². The van der Waals surface area contributed by atoms with Gasteiger partial charge in [0.15, 0.2) is 0 Å². The van der Waals surface area contributed by atoms with Gasteiger partial charge in [-0.25, -0.2) is 4.79 Å². The van der Waals surface area contributed by atoms with Crippen LogP contribution in [0.25, 0.3) is 0 Å². The number of carbonyl (C=O) groups is 1. The third-order valence-corrected chi connectivity index (χ3v) is 2.03. The largest absolute Gasteiger partial charge is 0.457 e. The average Bonchev–Trinajstić information content (AvgIpc) is 2.23. The Bertz CT molecular complexity index is 184. The predicted molar refractivity (Wildman–Crippen MR) is 75.1 cm³/mol. The van der Waals surface area contributed by atoms with Gasteiger partial charge in [0.25, 0.3) is 0 Å². The summed E-state index contributed by atoms with van der Waals surface area (Å²) < 4.78 is 4.83. The number of rotatable bonds is 6. The van der Waals surface area contributed by atoms with Gasteiger partial charge in [-0.1, -0.05) is 59.0 Å². The molecule has 0 aliphatic rings. The first-order valence-corrected chi connectivity index (χ1v) is 6.72. The molecule has 0 saturated heterocycles. The summed E-state index contributed by atoms with van der Waals surface area (Å²) in [5.74, 6) is -0.373. The molecule has 0 atom stereocenters. The lowest BCUT2D eigenvalue weighted by Crippen LogP contribution is -2.22. The molecule has 0 N–H and O–H groups in total. The summed E-state index contributed by atoms with van der Waals surface area (Å²) in [6.07, 6.45) is 9.65. The van der Waals surface area contributed by atoms with Gasteiger partial charge >= 0.3 is 5.97 Å². The van der Waals surface area contributed by atoms with Gasteiger partial charge in [0, 0.05) is 6.08 Å².